The second-order valence-corrected chi connectivity index (χ2v) is 16.7. The number of cyclic esters (lactones) is 1. The van der Waals surface area contributed by atoms with Crippen LogP contribution >= 0.6 is 0 Å². The maximum Gasteiger partial charge on any atom is 0.334 e. The molecular formula is C38H54O8. The predicted molar refractivity (Wildman–Crippen MR) is 173 cm³/mol. The Labute approximate surface area is 274 Å². The van der Waals surface area contributed by atoms with Crippen molar-refractivity contribution >= 4 is 23.7 Å². The number of allylic oxidation sites excluding steroid dienone is 4. The molecule has 8 heteroatoms. The third kappa shape index (κ3) is 5.31. The summed E-state index contributed by atoms with van der Waals surface area (Å²) >= 11 is 0. The van der Waals surface area contributed by atoms with Crippen LogP contribution in [0.4, 0.5) is 0 Å². The lowest BCUT2D eigenvalue weighted by Crippen LogP contribution is -2.57. The summed E-state index contributed by atoms with van der Waals surface area (Å²) in [5.74, 6) is -0.545. The molecule has 1 heterocycles. The van der Waals surface area contributed by atoms with E-state index in [1.807, 2.05) is 13.8 Å². The maximum absolute atomic E-state index is 14.4. The molecule has 0 spiro atoms. The molecule has 2 saturated carbocycles. The summed E-state index contributed by atoms with van der Waals surface area (Å²) in [4.78, 5) is 51.3. The first kappa shape index (κ1) is 34.6. The van der Waals surface area contributed by atoms with Gasteiger partial charge in [-0.05, 0) is 92.6 Å². The van der Waals surface area contributed by atoms with Gasteiger partial charge in [-0.25, -0.2) is 4.79 Å². The normalized spacial score (nSPS) is 38.4. The highest BCUT2D eigenvalue weighted by Crippen LogP contribution is 2.70. The topological polar surface area (TPSA) is 116 Å². The minimum absolute atomic E-state index is 0.0304. The van der Waals surface area contributed by atoms with E-state index in [9.17, 15) is 24.3 Å². The van der Waals surface area contributed by atoms with E-state index < -0.39 is 29.1 Å². The number of ketones is 1. The van der Waals surface area contributed by atoms with Gasteiger partial charge < -0.3 is 19.3 Å². The monoisotopic (exact) mass is 638 g/mol. The quantitative estimate of drug-likeness (QED) is 0.234. The minimum Gasteiger partial charge on any atom is -0.469 e. The fourth-order valence-corrected chi connectivity index (χ4v) is 10.3. The van der Waals surface area contributed by atoms with Crippen molar-refractivity contribution in [2.24, 2.45) is 39.4 Å². The molecule has 9 atom stereocenters. The van der Waals surface area contributed by atoms with E-state index in [1.165, 1.54) is 14.0 Å². The lowest BCUT2D eigenvalue weighted by Gasteiger charge is -2.60. The molecule has 0 saturated heterocycles. The molecule has 0 amide bonds. The van der Waals surface area contributed by atoms with Gasteiger partial charge in [-0.2, -0.15) is 0 Å². The average molecular weight is 639 g/mol. The third-order valence-electron chi connectivity index (χ3n) is 13.5. The van der Waals surface area contributed by atoms with E-state index in [-0.39, 0.29) is 52.9 Å². The molecule has 2 fully saturated rings. The summed E-state index contributed by atoms with van der Waals surface area (Å²) in [7, 11) is 1.24. The molecule has 0 aromatic carbocycles. The zero-order chi connectivity index (χ0) is 34.2. The number of carbonyl (C=O) groups is 4. The van der Waals surface area contributed by atoms with Crippen LogP contribution in [0, 0.1) is 39.4 Å². The number of methoxy groups -OCH3 is 1. The van der Waals surface area contributed by atoms with Crippen LogP contribution in [0.1, 0.15) is 114 Å². The third-order valence-corrected chi connectivity index (χ3v) is 13.5. The Kier molecular flexibility index (Phi) is 8.61. The summed E-state index contributed by atoms with van der Waals surface area (Å²) in [6, 6.07) is 0. The van der Waals surface area contributed by atoms with Gasteiger partial charge in [0.2, 0.25) is 0 Å². The first-order valence-electron chi connectivity index (χ1n) is 17.1. The first-order chi connectivity index (χ1) is 21.2. The van der Waals surface area contributed by atoms with Gasteiger partial charge in [0.05, 0.1) is 25.6 Å². The van der Waals surface area contributed by atoms with Crippen LogP contribution in [-0.2, 0) is 33.4 Å². The number of ether oxygens (including phenoxy) is 3. The molecule has 5 aliphatic rings. The number of esters is 3. The van der Waals surface area contributed by atoms with Gasteiger partial charge in [-0.3, -0.25) is 14.4 Å². The van der Waals surface area contributed by atoms with Crippen molar-refractivity contribution in [3.63, 3.8) is 0 Å². The lowest BCUT2D eigenvalue weighted by atomic mass is 9.44. The summed E-state index contributed by atoms with van der Waals surface area (Å²) in [6.45, 7) is 18.6. The van der Waals surface area contributed by atoms with E-state index in [0.29, 0.717) is 24.7 Å². The largest absolute Gasteiger partial charge is 0.469 e. The molecule has 9 unspecified atom stereocenters. The van der Waals surface area contributed by atoms with Crippen LogP contribution < -0.4 is 0 Å². The fraction of sp³-hybridized carbons (Fsp3) is 0.737. The van der Waals surface area contributed by atoms with E-state index in [1.54, 1.807) is 0 Å². The second kappa shape index (κ2) is 11.5. The molecule has 0 radical (unpaired) electrons. The van der Waals surface area contributed by atoms with Crippen LogP contribution in [0.2, 0.25) is 0 Å². The van der Waals surface area contributed by atoms with Crippen LogP contribution in [-0.4, -0.2) is 53.7 Å². The molecular weight excluding hydrogens is 584 g/mol. The van der Waals surface area contributed by atoms with E-state index in [4.69, 9.17) is 9.47 Å². The number of hydrogen-bond acceptors (Lipinski definition) is 8. The van der Waals surface area contributed by atoms with Crippen molar-refractivity contribution in [2.45, 2.75) is 131 Å². The van der Waals surface area contributed by atoms with Crippen molar-refractivity contribution in [2.75, 3.05) is 7.11 Å². The highest BCUT2D eigenvalue weighted by atomic mass is 16.6. The number of hydrogen-bond donors (Lipinski definition) is 1. The van der Waals surface area contributed by atoms with Crippen LogP contribution in [0.15, 0.2) is 34.4 Å². The number of rotatable bonds is 8. The Morgan fingerprint density at radius 1 is 1.07 bits per heavy atom. The summed E-state index contributed by atoms with van der Waals surface area (Å²) in [5, 5.41) is 10.6. The van der Waals surface area contributed by atoms with Gasteiger partial charge in [0.1, 0.15) is 12.2 Å². The highest BCUT2D eigenvalue weighted by Gasteiger charge is 2.64. The Bertz CT molecular complexity index is 1430. The van der Waals surface area contributed by atoms with E-state index in [2.05, 4.69) is 58.4 Å². The molecule has 254 valence electrons. The molecule has 8 nitrogen and oxygen atoms in total. The van der Waals surface area contributed by atoms with E-state index in [0.717, 1.165) is 48.0 Å². The number of fused-ring (bicyclic) bond motifs is 4. The van der Waals surface area contributed by atoms with Gasteiger partial charge in [0.15, 0.2) is 5.78 Å². The molecule has 0 bridgehead atoms. The molecule has 46 heavy (non-hydrogen) atoms. The fourth-order valence-electron chi connectivity index (χ4n) is 10.3. The Morgan fingerprint density at radius 2 is 1.72 bits per heavy atom. The minimum atomic E-state index is -1.57. The molecule has 0 aromatic heterocycles. The summed E-state index contributed by atoms with van der Waals surface area (Å²) < 4.78 is 16.4. The van der Waals surface area contributed by atoms with Crippen LogP contribution in [0.5, 0.6) is 0 Å². The zero-order valence-electron chi connectivity index (χ0n) is 29.5. The summed E-state index contributed by atoms with van der Waals surface area (Å²) in [5.41, 5.74) is 1.08. The molecule has 1 N–H and O–H groups in total. The van der Waals surface area contributed by atoms with Crippen molar-refractivity contribution < 1.29 is 38.5 Å². The van der Waals surface area contributed by atoms with Crippen molar-refractivity contribution in [1.82, 2.24) is 0 Å². The predicted octanol–water partition coefficient (Wildman–Crippen LogP) is 6.59. The van der Waals surface area contributed by atoms with Crippen molar-refractivity contribution in [3.8, 4) is 0 Å². The number of aliphatic hydroxyl groups is 1. The van der Waals surface area contributed by atoms with Crippen LogP contribution in [0.3, 0.4) is 0 Å². The van der Waals surface area contributed by atoms with Gasteiger partial charge in [0, 0.05) is 28.4 Å². The lowest BCUT2D eigenvalue weighted by molar-refractivity contribution is -0.174. The van der Waals surface area contributed by atoms with E-state index >= 15 is 0 Å². The summed E-state index contributed by atoms with van der Waals surface area (Å²) in [6.07, 6.45) is 7.97. The van der Waals surface area contributed by atoms with Gasteiger partial charge in [0.25, 0.3) is 0 Å². The van der Waals surface area contributed by atoms with Crippen molar-refractivity contribution in [3.05, 3.63) is 34.4 Å². The van der Waals surface area contributed by atoms with Crippen LogP contribution in [0.25, 0.3) is 0 Å². The molecule has 4 aliphatic carbocycles. The standard InChI is InChI=1S/C38H54O8/c1-21(17-27-22(2)23(3)33(42)45-27)24-11-16-38(9)32-25(12-15-37(24,38)8)36(7)14-13-29(34(4,5)28(36)18-26(32)39)46-31(41)20-35(6,43)19-30(40)44-10/h12,15,21,24,27-29,43H,11,13-14,16-20H2,1-10H3. The average Bonchev–Trinajstić information content (AvgIpc) is 3.37. The van der Waals surface area contributed by atoms with Gasteiger partial charge in [-0.1, -0.05) is 53.7 Å². The Balaban J connectivity index is 1.37. The Hall–Kier alpha value is -2.74. The highest BCUT2D eigenvalue weighted by molar-refractivity contribution is 6.00. The first-order valence-corrected chi connectivity index (χ1v) is 17.1. The maximum atomic E-state index is 14.4. The molecule has 5 rings (SSSR count). The molecule has 1 aliphatic heterocycles. The smallest absolute Gasteiger partial charge is 0.334 e. The van der Waals surface area contributed by atoms with Gasteiger partial charge in [-0.15, -0.1) is 0 Å². The molecule has 0 aromatic rings. The zero-order valence-corrected chi connectivity index (χ0v) is 29.5. The SMILES string of the molecule is COC(=O)CC(C)(O)CC(=O)OC1CCC2(C)C3=C(C(=O)CC2C1(C)C)C1(C)CCC(C(C)CC2OC(=O)C(C)=C2C)C1(C)C=C3. The number of Topliss-reactive ketones (excluding diaryl/α,β-unsaturated/α-hetero) is 1. The number of carbonyl (C=O) groups excluding carboxylic acids is 4. The van der Waals surface area contributed by atoms with Crippen molar-refractivity contribution in [1.29, 1.82) is 0 Å². The Morgan fingerprint density at radius 3 is 2.33 bits per heavy atom. The second-order valence-electron chi connectivity index (χ2n) is 16.7. The van der Waals surface area contributed by atoms with Gasteiger partial charge >= 0.3 is 17.9 Å².